The lowest BCUT2D eigenvalue weighted by Crippen LogP contribution is -2.59. The molecule has 2 aromatic rings. The number of hydrogen-bond acceptors (Lipinski definition) is 9. The molecule has 13 nitrogen and oxygen atoms in total. The molecule has 6 atom stereocenters. The summed E-state index contributed by atoms with van der Waals surface area (Å²) in [6.45, 7) is 4.37. The van der Waals surface area contributed by atoms with Gasteiger partial charge in [-0.2, -0.15) is 0 Å². The van der Waals surface area contributed by atoms with Crippen LogP contribution in [0.5, 0.6) is 0 Å². The van der Waals surface area contributed by atoms with Crippen LogP contribution in [-0.4, -0.2) is 109 Å². The van der Waals surface area contributed by atoms with Gasteiger partial charge in [-0.15, -0.1) is 0 Å². The molecule has 3 rings (SSSR count). The number of imidazole rings is 1. The lowest BCUT2D eigenvalue weighted by molar-refractivity contribution is -0.142. The van der Waals surface area contributed by atoms with Gasteiger partial charge in [0.25, 0.3) is 0 Å². The second kappa shape index (κ2) is 17.4. The Morgan fingerprint density at radius 1 is 1.02 bits per heavy atom. The third-order valence-corrected chi connectivity index (χ3v) is 8.33. The predicted octanol–water partition coefficient (Wildman–Crippen LogP) is 1.45. The van der Waals surface area contributed by atoms with Crippen LogP contribution < -0.4 is 10.6 Å². The monoisotopic (exact) mass is 645 g/mol. The summed E-state index contributed by atoms with van der Waals surface area (Å²) < 4.78 is 5.43. The number of ether oxygens (including phenoxy) is 1. The molecule has 1 aliphatic rings. The van der Waals surface area contributed by atoms with Crippen LogP contribution in [-0.2, 0) is 27.2 Å². The van der Waals surface area contributed by atoms with Crippen LogP contribution in [0.1, 0.15) is 70.6 Å². The molecular formula is C33H51N5O8. The van der Waals surface area contributed by atoms with Gasteiger partial charge in [0, 0.05) is 26.1 Å². The van der Waals surface area contributed by atoms with E-state index in [0.717, 1.165) is 37.7 Å². The summed E-state index contributed by atoms with van der Waals surface area (Å²) >= 11 is 0. The molecule has 7 N–H and O–H groups in total. The van der Waals surface area contributed by atoms with Crippen LogP contribution in [0.4, 0.5) is 4.79 Å². The van der Waals surface area contributed by atoms with Gasteiger partial charge in [-0.1, -0.05) is 62.4 Å². The van der Waals surface area contributed by atoms with Crippen molar-refractivity contribution in [3.8, 4) is 0 Å². The molecule has 1 aromatic carbocycles. The molecule has 46 heavy (non-hydrogen) atoms. The van der Waals surface area contributed by atoms with E-state index < -0.39 is 66.6 Å². The molecular weight excluding hydrogens is 594 g/mol. The molecule has 3 amide bonds. The predicted molar refractivity (Wildman–Crippen MR) is 170 cm³/mol. The van der Waals surface area contributed by atoms with Crippen LogP contribution in [0.15, 0.2) is 42.9 Å². The molecule has 1 heterocycles. The number of alkyl carbamates (subject to hydrolysis) is 1. The SMILES string of the molecule is CN(C(=O)[C@H](Cc1ccccc1)NC(=O)OC(C)(C)C)[C@@H](Cc1c[nH]cn1)C(=O)N[C@@H](CC1CCCCC1)[C@@H](O)[C@H](O)[C@@H](O)CO. The number of nitrogens with zero attached hydrogens (tertiary/aromatic N) is 2. The molecule has 0 saturated heterocycles. The zero-order valence-corrected chi connectivity index (χ0v) is 27.3. The van der Waals surface area contributed by atoms with Gasteiger partial charge in [0.15, 0.2) is 0 Å². The minimum absolute atomic E-state index is 0.0100. The van der Waals surface area contributed by atoms with Gasteiger partial charge in [-0.25, -0.2) is 9.78 Å². The van der Waals surface area contributed by atoms with Crippen molar-refractivity contribution in [3.05, 3.63) is 54.1 Å². The maximum Gasteiger partial charge on any atom is 0.408 e. The fourth-order valence-corrected chi connectivity index (χ4v) is 5.82. The minimum Gasteiger partial charge on any atom is -0.444 e. The summed E-state index contributed by atoms with van der Waals surface area (Å²) in [5, 5.41) is 46.6. The van der Waals surface area contributed by atoms with Crippen LogP contribution in [0.25, 0.3) is 0 Å². The third kappa shape index (κ3) is 11.4. The Balaban J connectivity index is 1.90. The minimum atomic E-state index is -1.71. The quantitative estimate of drug-likeness (QED) is 0.150. The molecule has 1 aromatic heterocycles. The number of amides is 3. The maximum atomic E-state index is 14.1. The Bertz CT molecular complexity index is 1220. The molecule has 0 unspecified atom stereocenters. The van der Waals surface area contributed by atoms with E-state index in [4.69, 9.17) is 4.74 Å². The number of carbonyl (C=O) groups is 3. The van der Waals surface area contributed by atoms with E-state index in [-0.39, 0.29) is 18.8 Å². The summed E-state index contributed by atoms with van der Waals surface area (Å²) in [5.74, 6) is -0.991. The first-order chi connectivity index (χ1) is 21.8. The van der Waals surface area contributed by atoms with E-state index >= 15 is 0 Å². The molecule has 0 spiro atoms. The Morgan fingerprint density at radius 2 is 1.70 bits per heavy atom. The number of rotatable bonds is 15. The van der Waals surface area contributed by atoms with Crippen LogP contribution in [0, 0.1) is 5.92 Å². The van der Waals surface area contributed by atoms with Gasteiger partial charge < -0.3 is 45.7 Å². The van der Waals surface area contributed by atoms with Gasteiger partial charge >= 0.3 is 6.09 Å². The van der Waals surface area contributed by atoms with E-state index in [2.05, 4.69) is 20.6 Å². The number of H-pyrrole nitrogens is 1. The Labute approximate surface area is 270 Å². The highest BCUT2D eigenvalue weighted by Gasteiger charge is 2.38. The Hall–Kier alpha value is -3.52. The van der Waals surface area contributed by atoms with Crippen molar-refractivity contribution in [2.24, 2.45) is 5.92 Å². The second-order valence-electron chi connectivity index (χ2n) is 13.2. The number of nitrogens with one attached hydrogen (secondary N) is 3. The zero-order valence-electron chi connectivity index (χ0n) is 27.3. The van der Waals surface area contributed by atoms with E-state index in [1.807, 2.05) is 30.3 Å². The highest BCUT2D eigenvalue weighted by Crippen LogP contribution is 2.29. The average molecular weight is 646 g/mol. The fourth-order valence-electron chi connectivity index (χ4n) is 5.82. The Morgan fingerprint density at radius 3 is 2.28 bits per heavy atom. The molecule has 1 aliphatic carbocycles. The largest absolute Gasteiger partial charge is 0.444 e. The highest BCUT2D eigenvalue weighted by atomic mass is 16.6. The summed E-state index contributed by atoms with van der Waals surface area (Å²) in [6.07, 6.45) is 2.76. The first kappa shape index (κ1) is 36.9. The summed E-state index contributed by atoms with van der Waals surface area (Å²) in [5.41, 5.74) is 0.478. The maximum absolute atomic E-state index is 14.1. The van der Waals surface area contributed by atoms with E-state index in [9.17, 15) is 34.8 Å². The lowest BCUT2D eigenvalue weighted by atomic mass is 9.82. The summed E-state index contributed by atoms with van der Waals surface area (Å²) in [6, 6.07) is 5.95. The number of likely N-dealkylation sites (N-methyl/N-ethyl adjacent to an activating group) is 1. The molecule has 1 fully saturated rings. The molecule has 1 saturated carbocycles. The molecule has 256 valence electrons. The number of hydrogen-bond donors (Lipinski definition) is 7. The smallest absolute Gasteiger partial charge is 0.408 e. The Kier molecular flexibility index (Phi) is 14.0. The van der Waals surface area contributed by atoms with Crippen molar-refractivity contribution < 1.29 is 39.5 Å². The molecule has 13 heteroatoms. The highest BCUT2D eigenvalue weighted by molar-refractivity contribution is 5.91. The van der Waals surface area contributed by atoms with E-state index in [0.29, 0.717) is 12.1 Å². The van der Waals surface area contributed by atoms with Crippen LogP contribution in [0.2, 0.25) is 0 Å². The third-order valence-electron chi connectivity index (χ3n) is 8.33. The van der Waals surface area contributed by atoms with E-state index in [1.54, 1.807) is 27.0 Å². The topological polar surface area (TPSA) is 197 Å². The first-order valence-electron chi connectivity index (χ1n) is 16.0. The van der Waals surface area contributed by atoms with Gasteiger partial charge in [0.05, 0.1) is 24.7 Å². The van der Waals surface area contributed by atoms with Crippen LogP contribution >= 0.6 is 0 Å². The van der Waals surface area contributed by atoms with Gasteiger partial charge in [-0.05, 0) is 38.7 Å². The number of carbonyl (C=O) groups excluding carboxylic acids is 3. The zero-order chi connectivity index (χ0) is 33.9. The summed E-state index contributed by atoms with van der Waals surface area (Å²) in [7, 11) is 1.46. The van der Waals surface area contributed by atoms with Gasteiger partial charge in [0.2, 0.25) is 11.8 Å². The number of aliphatic hydroxyl groups is 4. The lowest BCUT2D eigenvalue weighted by Gasteiger charge is -2.36. The fraction of sp³-hybridized carbons (Fsp3) is 0.636. The number of aliphatic hydroxyl groups excluding tert-OH is 4. The number of benzene rings is 1. The van der Waals surface area contributed by atoms with E-state index in [1.165, 1.54) is 18.3 Å². The van der Waals surface area contributed by atoms with Gasteiger partial charge in [0.1, 0.15) is 36.0 Å². The summed E-state index contributed by atoms with van der Waals surface area (Å²) in [4.78, 5) is 49.3. The van der Waals surface area contributed by atoms with Crippen molar-refractivity contribution in [3.63, 3.8) is 0 Å². The molecule has 0 radical (unpaired) electrons. The number of aromatic nitrogens is 2. The van der Waals surface area contributed by atoms with Crippen molar-refractivity contribution in [1.29, 1.82) is 0 Å². The van der Waals surface area contributed by atoms with Crippen molar-refractivity contribution in [2.75, 3.05) is 13.7 Å². The van der Waals surface area contributed by atoms with Gasteiger partial charge in [-0.3, -0.25) is 9.59 Å². The second-order valence-corrected chi connectivity index (χ2v) is 13.2. The van der Waals surface area contributed by atoms with Crippen LogP contribution in [0.3, 0.4) is 0 Å². The first-order valence-corrected chi connectivity index (χ1v) is 16.0. The molecule has 0 aliphatic heterocycles. The van der Waals surface area contributed by atoms with Crippen molar-refractivity contribution in [2.45, 2.75) is 114 Å². The van der Waals surface area contributed by atoms with Crippen molar-refractivity contribution >= 4 is 17.9 Å². The number of aromatic amines is 1. The molecule has 0 bridgehead atoms. The average Bonchev–Trinajstić information content (AvgIpc) is 3.54. The normalized spacial score (nSPS) is 18.0. The standard InChI is InChI=1S/C33H51N5O8/c1-33(2,3)46-32(45)37-25(16-22-13-9-6-10-14-22)31(44)38(4)26(17-23-18-34-20-35-23)30(43)36-24(15-21-11-7-5-8-12-21)28(41)29(42)27(40)19-39/h6,9-10,13-14,18,20-21,24-29,39-42H,5,7-8,11-12,15-17,19H2,1-4H3,(H,34,35)(H,36,43)(H,37,45)/t24-,25-,26-,27-,28+,29+/m0/s1. The van der Waals surface area contributed by atoms with Crippen molar-refractivity contribution in [1.82, 2.24) is 25.5 Å².